The molecule has 0 saturated heterocycles. The molecule has 0 radical (unpaired) electrons. The van der Waals surface area contributed by atoms with Gasteiger partial charge < -0.3 is 4.98 Å². The molecule has 0 fully saturated rings. The molecule has 0 saturated carbocycles. The molecule has 0 aliphatic heterocycles. The fourth-order valence-electron chi connectivity index (χ4n) is 1.51. The van der Waals surface area contributed by atoms with E-state index in [1.807, 2.05) is 0 Å². The van der Waals surface area contributed by atoms with Crippen molar-refractivity contribution in [1.29, 1.82) is 0 Å². The lowest BCUT2D eigenvalue weighted by Gasteiger charge is -2.03. The standard InChI is InChI=1S/C10H8ClFN2O2/c11-3-4-14-9(15)7-5-6(12)1-2-8(7)13-10(14)16/h1-2,5H,3-4H2,(H,13,16). The molecule has 84 valence electrons. The zero-order valence-corrected chi connectivity index (χ0v) is 8.92. The molecule has 1 aromatic carbocycles. The molecule has 1 aromatic heterocycles. The maximum atomic E-state index is 13.0. The van der Waals surface area contributed by atoms with Gasteiger partial charge in [-0.3, -0.25) is 9.36 Å². The van der Waals surface area contributed by atoms with Gasteiger partial charge in [0, 0.05) is 12.4 Å². The Morgan fingerprint density at radius 2 is 2.12 bits per heavy atom. The maximum Gasteiger partial charge on any atom is 0.328 e. The summed E-state index contributed by atoms with van der Waals surface area (Å²) in [5.74, 6) is -0.377. The van der Waals surface area contributed by atoms with Crippen molar-refractivity contribution < 1.29 is 4.39 Å². The average molecular weight is 243 g/mol. The lowest BCUT2D eigenvalue weighted by Crippen LogP contribution is -2.35. The fraction of sp³-hybridized carbons (Fsp3) is 0.200. The highest BCUT2D eigenvalue weighted by Gasteiger charge is 2.07. The zero-order chi connectivity index (χ0) is 11.7. The van der Waals surface area contributed by atoms with Crippen molar-refractivity contribution in [3.63, 3.8) is 0 Å². The van der Waals surface area contributed by atoms with Crippen LogP contribution in [-0.4, -0.2) is 15.4 Å². The lowest BCUT2D eigenvalue weighted by atomic mass is 10.2. The molecule has 4 nitrogen and oxygen atoms in total. The Labute approximate surface area is 94.3 Å². The van der Waals surface area contributed by atoms with Crippen molar-refractivity contribution in [2.24, 2.45) is 0 Å². The van der Waals surface area contributed by atoms with E-state index in [0.717, 1.165) is 10.6 Å². The number of H-pyrrole nitrogens is 1. The van der Waals surface area contributed by atoms with Crippen LogP contribution < -0.4 is 11.2 Å². The Kier molecular flexibility index (Phi) is 2.78. The number of nitrogens with one attached hydrogen (secondary N) is 1. The Hall–Kier alpha value is -1.62. The molecule has 2 rings (SSSR count). The van der Waals surface area contributed by atoms with E-state index in [0.29, 0.717) is 5.52 Å². The number of hydrogen-bond acceptors (Lipinski definition) is 2. The predicted molar refractivity (Wildman–Crippen MR) is 59.5 cm³/mol. The van der Waals surface area contributed by atoms with E-state index in [1.165, 1.54) is 12.1 Å². The van der Waals surface area contributed by atoms with Gasteiger partial charge in [0.05, 0.1) is 10.9 Å². The number of fused-ring (bicyclic) bond motifs is 1. The Balaban J connectivity index is 2.85. The van der Waals surface area contributed by atoms with Crippen LogP contribution in [0.5, 0.6) is 0 Å². The largest absolute Gasteiger partial charge is 0.328 e. The van der Waals surface area contributed by atoms with Crippen LogP contribution in [0.3, 0.4) is 0 Å². The van der Waals surface area contributed by atoms with Gasteiger partial charge in [-0.15, -0.1) is 11.6 Å². The molecule has 1 N–H and O–H groups in total. The summed E-state index contributed by atoms with van der Waals surface area (Å²) in [7, 11) is 0. The van der Waals surface area contributed by atoms with Crippen molar-refractivity contribution in [2.45, 2.75) is 6.54 Å². The fourth-order valence-corrected chi connectivity index (χ4v) is 1.68. The van der Waals surface area contributed by atoms with Crippen LogP contribution in [0.4, 0.5) is 4.39 Å². The second-order valence-corrected chi connectivity index (χ2v) is 3.64. The highest BCUT2D eigenvalue weighted by Crippen LogP contribution is 2.07. The van der Waals surface area contributed by atoms with Crippen LogP contribution in [0.2, 0.25) is 0 Å². The molecule has 0 bridgehead atoms. The minimum atomic E-state index is -0.537. The van der Waals surface area contributed by atoms with Gasteiger partial charge in [-0.2, -0.15) is 0 Å². The average Bonchev–Trinajstić information content (AvgIpc) is 2.26. The summed E-state index contributed by atoms with van der Waals surface area (Å²) in [6, 6.07) is 3.64. The van der Waals surface area contributed by atoms with Gasteiger partial charge in [0.2, 0.25) is 0 Å². The summed E-state index contributed by atoms with van der Waals surface area (Å²) in [4.78, 5) is 25.8. The van der Waals surface area contributed by atoms with Crippen molar-refractivity contribution in [1.82, 2.24) is 9.55 Å². The van der Waals surface area contributed by atoms with Gasteiger partial charge in [0.15, 0.2) is 0 Å². The first-order valence-electron chi connectivity index (χ1n) is 4.62. The quantitative estimate of drug-likeness (QED) is 0.801. The van der Waals surface area contributed by atoms with Gasteiger partial charge >= 0.3 is 5.69 Å². The molecule has 0 unspecified atom stereocenters. The van der Waals surface area contributed by atoms with E-state index in [4.69, 9.17) is 11.6 Å². The monoisotopic (exact) mass is 242 g/mol. The number of aromatic nitrogens is 2. The van der Waals surface area contributed by atoms with Crippen LogP contribution in [-0.2, 0) is 6.54 Å². The summed E-state index contributed by atoms with van der Waals surface area (Å²) in [6.45, 7) is 0.0994. The number of nitrogens with zero attached hydrogens (tertiary/aromatic N) is 1. The molecule has 0 spiro atoms. The number of benzene rings is 1. The van der Waals surface area contributed by atoms with Crippen molar-refractivity contribution in [2.75, 3.05) is 5.88 Å². The molecule has 0 aliphatic rings. The first-order chi connectivity index (χ1) is 7.63. The first kappa shape index (κ1) is 10.9. The third-order valence-corrected chi connectivity index (χ3v) is 2.42. The van der Waals surface area contributed by atoms with Crippen LogP contribution in [0.15, 0.2) is 27.8 Å². The molecule has 16 heavy (non-hydrogen) atoms. The lowest BCUT2D eigenvalue weighted by molar-refractivity contribution is 0.628. The number of rotatable bonds is 2. The van der Waals surface area contributed by atoms with Crippen LogP contribution in [0.25, 0.3) is 10.9 Å². The zero-order valence-electron chi connectivity index (χ0n) is 8.17. The van der Waals surface area contributed by atoms with Crippen LogP contribution in [0.1, 0.15) is 0 Å². The summed E-state index contributed by atoms with van der Waals surface area (Å²) < 4.78 is 13.9. The second-order valence-electron chi connectivity index (χ2n) is 3.27. The van der Waals surface area contributed by atoms with Gasteiger partial charge in [-0.05, 0) is 18.2 Å². The van der Waals surface area contributed by atoms with Crippen molar-refractivity contribution in [3.05, 3.63) is 44.9 Å². The number of aromatic amines is 1. The molecule has 0 atom stereocenters. The Morgan fingerprint density at radius 1 is 1.38 bits per heavy atom. The molecular formula is C10H8ClFN2O2. The highest BCUT2D eigenvalue weighted by molar-refractivity contribution is 6.17. The number of alkyl halides is 1. The Bertz CT molecular complexity index is 647. The molecule has 2 aromatic rings. The van der Waals surface area contributed by atoms with Crippen LogP contribution >= 0.6 is 11.6 Å². The SMILES string of the molecule is O=c1[nH]c2ccc(F)cc2c(=O)n1CCCl. The highest BCUT2D eigenvalue weighted by atomic mass is 35.5. The molecule has 1 heterocycles. The third kappa shape index (κ3) is 1.74. The van der Waals surface area contributed by atoms with Gasteiger partial charge in [-0.1, -0.05) is 0 Å². The minimum absolute atomic E-state index is 0.0994. The Morgan fingerprint density at radius 3 is 2.81 bits per heavy atom. The topological polar surface area (TPSA) is 54.9 Å². The van der Waals surface area contributed by atoms with E-state index in [-0.39, 0.29) is 17.8 Å². The number of halogens is 2. The summed E-state index contributed by atoms with van der Waals surface area (Å²) in [5.41, 5.74) is -0.745. The van der Waals surface area contributed by atoms with Crippen molar-refractivity contribution >= 4 is 22.5 Å². The van der Waals surface area contributed by atoms with Gasteiger partial charge in [0.25, 0.3) is 5.56 Å². The first-order valence-corrected chi connectivity index (χ1v) is 5.15. The maximum absolute atomic E-state index is 13.0. The normalized spacial score (nSPS) is 10.9. The van der Waals surface area contributed by atoms with Crippen LogP contribution in [0, 0.1) is 5.82 Å². The van der Waals surface area contributed by atoms with Crippen molar-refractivity contribution in [3.8, 4) is 0 Å². The molecule has 0 aliphatic carbocycles. The minimum Gasteiger partial charge on any atom is -0.307 e. The van der Waals surface area contributed by atoms with E-state index in [2.05, 4.69) is 4.98 Å². The summed E-state index contributed by atoms with van der Waals surface area (Å²) >= 11 is 5.48. The van der Waals surface area contributed by atoms with E-state index >= 15 is 0 Å². The van der Waals surface area contributed by atoms with E-state index < -0.39 is 17.1 Å². The molecular weight excluding hydrogens is 235 g/mol. The molecule has 6 heteroatoms. The van der Waals surface area contributed by atoms with E-state index in [9.17, 15) is 14.0 Å². The van der Waals surface area contributed by atoms with Gasteiger partial charge in [-0.25, -0.2) is 9.18 Å². The predicted octanol–water partition coefficient (Wildman–Crippen LogP) is 1.07. The van der Waals surface area contributed by atoms with Gasteiger partial charge in [0.1, 0.15) is 5.82 Å². The summed E-state index contributed by atoms with van der Waals surface area (Å²) in [6.07, 6.45) is 0. The van der Waals surface area contributed by atoms with E-state index in [1.54, 1.807) is 0 Å². The second kappa shape index (κ2) is 4.09. The number of hydrogen-bond donors (Lipinski definition) is 1. The smallest absolute Gasteiger partial charge is 0.307 e. The third-order valence-electron chi connectivity index (χ3n) is 2.25. The summed E-state index contributed by atoms with van der Waals surface area (Å²) in [5, 5.41) is 0.143. The molecule has 0 amide bonds.